The first kappa shape index (κ1) is 104. The molecule has 3 amide bonds. The van der Waals surface area contributed by atoms with Crippen LogP contribution in [0, 0.1) is 34.6 Å². The molecule has 0 fully saturated rings. The van der Waals surface area contributed by atoms with Gasteiger partial charge in [-0.25, -0.2) is 41.3 Å². The van der Waals surface area contributed by atoms with Crippen LogP contribution in [0.3, 0.4) is 0 Å². The second-order valence-corrected chi connectivity index (χ2v) is 40.5. The molecule has 0 saturated heterocycles. The van der Waals surface area contributed by atoms with Gasteiger partial charge >= 0.3 is 6.18 Å². The normalized spacial score (nSPS) is 12.3. The number of nitrogens with one attached hydrogen (secondary N) is 4. The Balaban J connectivity index is 0.000000141. The zero-order chi connectivity index (χ0) is 106. The molecule has 36 heteroatoms. The van der Waals surface area contributed by atoms with Crippen LogP contribution in [0.5, 0.6) is 0 Å². The summed E-state index contributed by atoms with van der Waals surface area (Å²) >= 11 is 19.2. The molecule has 0 aliphatic heterocycles. The van der Waals surface area contributed by atoms with Gasteiger partial charge in [0.25, 0.3) is 40.0 Å². The number of hydrogen-bond donors (Lipinski definition) is 4. The van der Waals surface area contributed by atoms with Gasteiger partial charge in [0.1, 0.15) is 17.1 Å². The van der Waals surface area contributed by atoms with Crippen molar-refractivity contribution < 1.29 is 44.4 Å². The van der Waals surface area contributed by atoms with Crippen LogP contribution in [0.1, 0.15) is 153 Å². The smallest absolute Gasteiger partial charge is 0.377 e. The number of fused-ring (bicyclic) bond motifs is 5. The maximum atomic E-state index is 13.7. The maximum absolute atomic E-state index is 13.7. The highest BCUT2D eigenvalue weighted by atomic mass is 35.5. The number of carbonyl (C=O) groups is 3. The molecule has 9 aromatic heterocycles. The Morgan fingerprint density at radius 3 is 1.14 bits per heavy atom. The molecule has 148 heavy (non-hydrogen) atoms. The highest BCUT2D eigenvalue weighted by molar-refractivity contribution is 7.91. The lowest BCUT2D eigenvalue weighted by molar-refractivity contribution is -0.136. The molecule has 4 atom stereocenters. The number of sulfone groups is 2. The molecule has 0 radical (unpaired) electrons. The summed E-state index contributed by atoms with van der Waals surface area (Å²) < 4.78 is 97.7. The molecule has 0 spiro atoms. The lowest BCUT2D eigenvalue weighted by Crippen LogP contribution is -2.33. The van der Waals surface area contributed by atoms with Crippen LogP contribution in [0.2, 0.25) is 15.1 Å². The monoisotopic (exact) mass is 2080 g/mol. The zero-order valence-electron chi connectivity index (χ0n) is 81.5. The highest BCUT2D eigenvalue weighted by Crippen LogP contribution is 2.37. The largest absolute Gasteiger partial charge is 0.417 e. The summed E-state index contributed by atoms with van der Waals surface area (Å²) in [6.07, 6.45) is 4.52. The van der Waals surface area contributed by atoms with Gasteiger partial charge in [-0.3, -0.25) is 66.8 Å². The van der Waals surface area contributed by atoms with Gasteiger partial charge in [-0.15, -0.1) is 0 Å². The first-order valence-corrected chi connectivity index (χ1v) is 51.1. The number of aryl methyl sites for hydroxylation is 5. The van der Waals surface area contributed by atoms with Crippen LogP contribution >= 0.6 is 34.8 Å². The first-order valence-electron chi connectivity index (χ1n) is 46.5. The van der Waals surface area contributed by atoms with Crippen molar-refractivity contribution in [1.29, 1.82) is 0 Å². The SMILES string of the molecule is C=C(N[C@@H](C)c1cc2cccc(Cl)c2c(=O)n1-c1ccccc1)c1cnn2ccc(C)nc12.CCS(=O)(=O)c1cccc(-c2cnc(C)c(C(=O)N[C@@H](C)c3cc4cccc(Cl)c4c(=O)n3-c3ccccc3)n2)c1.Cc1cnc(C(=O)N[C@@H](C)c2cc3cccc(C(F)(F)F)c3c(=O)n2-c2ccccc2)c(C)n1.Cc1ncc(-c2cccc(S(C)(=O)=O)c2)nc1C(=O)N[C@@H](C)c1cc2cccc(Cl)c2c(=O)n1-c1ccccc1. The van der Waals surface area contributed by atoms with Crippen LogP contribution in [0.15, 0.2) is 340 Å². The van der Waals surface area contributed by atoms with Crippen LogP contribution in [0.4, 0.5) is 13.2 Å². The van der Waals surface area contributed by atoms with E-state index in [-0.39, 0.29) is 60.7 Å². The summed E-state index contributed by atoms with van der Waals surface area (Å²) in [6.45, 7) is 21.7. The average molecular weight is 2080 g/mol. The minimum absolute atomic E-state index is 0.0311. The molecule has 19 rings (SSSR count). The lowest BCUT2D eigenvalue weighted by atomic mass is 10.0. The number of amides is 3. The Morgan fingerprint density at radius 1 is 0.392 bits per heavy atom. The number of hydrogen-bond acceptors (Lipinski definition) is 20. The van der Waals surface area contributed by atoms with E-state index in [1.807, 2.05) is 154 Å². The van der Waals surface area contributed by atoms with E-state index in [1.165, 1.54) is 65.6 Å². The van der Waals surface area contributed by atoms with Crippen LogP contribution < -0.4 is 43.5 Å². The minimum atomic E-state index is -4.70. The standard InChI is InChI=1S/C31H27ClN4O4S.C30H25ClN4O4S.C26H22ClN5O.C25H21F3N4O2/c1-4-41(39,40)24-14-8-10-21(16-24)26-18-33-20(3)29(35-26)30(37)34-19(2)27-17-22-11-9-15-25(32)28(22)31(38)36(27)23-12-6-5-7-13-23;1-18(26-16-21-10-8-14-24(31)27(21)30(37)35(26)22-11-5-4-6-12-22)33-29(36)28-19(2)32-17-25(34-28)20-9-7-13-23(15-20)40(3,38)39;1-16-12-13-31-25(29-16)21(15-28-31)17(2)30-18(3)23-14-19-8-7-11-22(27)24(19)26(33)32(23)20-9-5-4-6-10-20;1-14-13-29-22(16(3)30-14)23(33)31-15(2)20-12-17-8-7-11-19(25(26,27)28)21(17)24(34)32(20)18-9-5-4-6-10-18/h5-19H,4H2,1-3H3,(H,34,37);4-18H,1-3H3,(H,33,36);4-15,18,30H,2H2,1,3H3;4-13,15H,1-3H3,(H,31,33)/t19-;2*18-;15-/m0000/s1. The van der Waals surface area contributed by atoms with Gasteiger partial charge in [0, 0.05) is 86.7 Å². The number of nitrogens with zero attached hydrogens (tertiary/aromatic N) is 13. The zero-order valence-corrected chi connectivity index (χ0v) is 85.4. The van der Waals surface area contributed by atoms with E-state index in [9.17, 15) is 63.6 Å². The summed E-state index contributed by atoms with van der Waals surface area (Å²) in [5.41, 5.74) is 9.17. The Labute approximate surface area is 862 Å². The molecule has 0 unspecified atom stereocenters. The Kier molecular flexibility index (Phi) is 30.8. The number of para-hydroxylation sites is 4. The molecule has 0 aliphatic carbocycles. The van der Waals surface area contributed by atoms with Gasteiger partial charge in [0.05, 0.1) is 140 Å². The van der Waals surface area contributed by atoms with Gasteiger partial charge in [-0.2, -0.15) is 18.3 Å². The van der Waals surface area contributed by atoms with Crippen molar-refractivity contribution in [2.24, 2.45) is 0 Å². The molecule has 0 bridgehead atoms. The summed E-state index contributed by atoms with van der Waals surface area (Å²) in [4.78, 5) is 125. The second kappa shape index (κ2) is 43.8. The Hall–Kier alpha value is -16.6. The van der Waals surface area contributed by atoms with Gasteiger partial charge in [-0.05, 0) is 211 Å². The van der Waals surface area contributed by atoms with E-state index in [0.717, 1.165) is 46.0 Å². The molecule has 4 N–H and O–H groups in total. The van der Waals surface area contributed by atoms with Crippen molar-refractivity contribution in [1.82, 2.24) is 84.0 Å². The van der Waals surface area contributed by atoms with Gasteiger partial charge < -0.3 is 21.3 Å². The van der Waals surface area contributed by atoms with Gasteiger partial charge in [0.15, 0.2) is 25.3 Å². The Bertz CT molecular complexity index is 8980. The summed E-state index contributed by atoms with van der Waals surface area (Å²) in [6, 6.07) is 75.4. The highest BCUT2D eigenvalue weighted by Gasteiger charge is 2.36. The fraction of sp³-hybridized carbons (Fsp3) is 0.152. The van der Waals surface area contributed by atoms with E-state index in [2.05, 4.69) is 67.8 Å². The van der Waals surface area contributed by atoms with Crippen LogP contribution in [0.25, 0.3) is 99.7 Å². The summed E-state index contributed by atoms with van der Waals surface area (Å²) in [7, 11) is -6.85. The third kappa shape index (κ3) is 22.3. The van der Waals surface area contributed by atoms with Crippen molar-refractivity contribution >= 4 is 127 Å². The van der Waals surface area contributed by atoms with E-state index < -0.39 is 78.2 Å². The molecule has 0 aliphatic rings. The summed E-state index contributed by atoms with van der Waals surface area (Å²) in [5.74, 6) is -1.51. The molecule has 28 nitrogen and oxygen atoms in total. The Morgan fingerprint density at radius 2 is 0.750 bits per heavy atom. The fourth-order valence-corrected chi connectivity index (χ4v) is 19.6. The van der Waals surface area contributed by atoms with Gasteiger partial charge in [-0.1, -0.05) is 194 Å². The molecular weight excluding hydrogens is 1990 g/mol. The van der Waals surface area contributed by atoms with Crippen molar-refractivity contribution in [3.63, 3.8) is 0 Å². The quantitative estimate of drug-likeness (QED) is 0.0489. The molecule has 10 aromatic carbocycles. The third-order valence-electron chi connectivity index (χ3n) is 24.6. The van der Waals surface area contributed by atoms with E-state index in [0.29, 0.717) is 127 Å². The topological polar surface area (TPSA) is 363 Å². The second-order valence-electron chi connectivity index (χ2n) is 34.9. The number of halogens is 6. The number of benzene rings is 10. The number of pyridine rings is 4. The third-order valence-corrected chi connectivity index (χ3v) is 28.4. The van der Waals surface area contributed by atoms with Crippen molar-refractivity contribution in [3.05, 3.63) is 446 Å². The van der Waals surface area contributed by atoms with Crippen LogP contribution in [-0.2, 0) is 25.9 Å². The predicted molar refractivity (Wildman–Crippen MR) is 571 cm³/mol. The average Bonchev–Trinajstić information content (AvgIpc) is 0.849. The first-order chi connectivity index (χ1) is 70.7. The molecular formula is C112H95Cl3F3N17O11S2. The van der Waals surface area contributed by atoms with E-state index in [4.69, 9.17) is 34.8 Å². The molecule has 19 aromatic rings. The van der Waals surface area contributed by atoms with Crippen molar-refractivity contribution in [2.75, 3.05) is 12.0 Å². The van der Waals surface area contributed by atoms with Crippen molar-refractivity contribution in [2.45, 2.75) is 109 Å². The van der Waals surface area contributed by atoms with E-state index >= 15 is 0 Å². The minimum Gasteiger partial charge on any atom is -0.377 e. The molecule has 748 valence electrons. The fourth-order valence-electron chi connectivity index (χ4n) is 17.2. The number of rotatable bonds is 22. The molecule has 0 saturated carbocycles. The van der Waals surface area contributed by atoms with Crippen molar-refractivity contribution in [3.8, 4) is 45.3 Å². The number of carbonyl (C=O) groups excluding carboxylic acids is 3. The number of aromatic nitrogens is 13. The lowest BCUT2D eigenvalue weighted by Gasteiger charge is -2.22. The number of alkyl halides is 3. The predicted octanol–water partition coefficient (Wildman–Crippen LogP) is 21.2. The summed E-state index contributed by atoms with van der Waals surface area (Å²) in [5, 5.41) is 20.8. The van der Waals surface area contributed by atoms with E-state index in [1.54, 1.807) is 171 Å². The van der Waals surface area contributed by atoms with Gasteiger partial charge in [0.2, 0.25) is 0 Å². The maximum Gasteiger partial charge on any atom is 0.417 e. The molecule has 9 heterocycles. The van der Waals surface area contributed by atoms with Crippen LogP contribution in [-0.4, -0.2) is 109 Å².